The van der Waals surface area contributed by atoms with Gasteiger partial charge in [0.2, 0.25) is 6.43 Å². The molecule has 0 aromatic carbocycles. The molecular weight excluding hydrogens is 202 g/mol. The topological polar surface area (TPSA) is 37.3 Å². The van der Waals surface area contributed by atoms with Crippen molar-refractivity contribution < 1.29 is 18.7 Å². The third-order valence-corrected chi connectivity index (χ3v) is 3.24. The summed E-state index contributed by atoms with van der Waals surface area (Å²) in [6.45, 7) is 0. The van der Waals surface area contributed by atoms with E-state index in [2.05, 4.69) is 0 Å². The number of aliphatic carboxylic acids is 1. The molecule has 4 heteroatoms. The van der Waals surface area contributed by atoms with Crippen LogP contribution in [0, 0.1) is 11.8 Å². The molecule has 1 aliphatic carbocycles. The maximum Gasteiger partial charge on any atom is 0.303 e. The van der Waals surface area contributed by atoms with Crippen LogP contribution in [-0.2, 0) is 4.79 Å². The summed E-state index contributed by atoms with van der Waals surface area (Å²) >= 11 is 0. The smallest absolute Gasteiger partial charge is 0.303 e. The van der Waals surface area contributed by atoms with Gasteiger partial charge in [-0.15, -0.1) is 0 Å². The maximum atomic E-state index is 12.7. The molecule has 1 aliphatic rings. The molecule has 0 heterocycles. The van der Waals surface area contributed by atoms with Crippen molar-refractivity contribution in [2.24, 2.45) is 11.8 Å². The number of hydrogen-bond donors (Lipinski definition) is 1. The van der Waals surface area contributed by atoms with Gasteiger partial charge in [0.1, 0.15) is 0 Å². The van der Waals surface area contributed by atoms with Crippen molar-refractivity contribution in [3.63, 3.8) is 0 Å². The molecule has 0 bridgehead atoms. The average molecular weight is 220 g/mol. The molecule has 1 N–H and O–H groups in total. The van der Waals surface area contributed by atoms with E-state index in [-0.39, 0.29) is 12.3 Å². The first kappa shape index (κ1) is 12.4. The number of carboxylic acid groups (broad SMARTS) is 1. The lowest BCUT2D eigenvalue weighted by molar-refractivity contribution is -0.140. The van der Waals surface area contributed by atoms with Gasteiger partial charge in [-0.2, -0.15) is 0 Å². The predicted octanol–water partition coefficient (Wildman–Crippen LogP) is 3.31. The van der Waals surface area contributed by atoms with Crippen molar-refractivity contribution in [3.05, 3.63) is 0 Å². The zero-order valence-electron chi connectivity index (χ0n) is 8.79. The van der Waals surface area contributed by atoms with Crippen molar-refractivity contribution in [1.29, 1.82) is 0 Å². The molecule has 0 amide bonds. The lowest BCUT2D eigenvalue weighted by Gasteiger charge is -2.23. The second-order valence-corrected chi connectivity index (χ2v) is 4.35. The highest BCUT2D eigenvalue weighted by molar-refractivity contribution is 5.67. The predicted molar refractivity (Wildman–Crippen MR) is 52.9 cm³/mol. The van der Waals surface area contributed by atoms with Crippen molar-refractivity contribution in [2.75, 3.05) is 0 Å². The van der Waals surface area contributed by atoms with Crippen molar-refractivity contribution in [1.82, 2.24) is 0 Å². The molecule has 0 spiro atoms. The highest BCUT2D eigenvalue weighted by Gasteiger charge is 2.31. The van der Waals surface area contributed by atoms with Gasteiger partial charge in [0.25, 0.3) is 0 Å². The van der Waals surface area contributed by atoms with Crippen LogP contribution in [0.25, 0.3) is 0 Å². The van der Waals surface area contributed by atoms with Gasteiger partial charge in [-0.05, 0) is 18.8 Å². The maximum absolute atomic E-state index is 12.7. The third kappa shape index (κ3) is 4.14. The fourth-order valence-corrected chi connectivity index (χ4v) is 2.40. The Bertz CT molecular complexity index is 199. The molecular formula is C11H18F2O2. The molecule has 88 valence electrons. The molecule has 1 atom stereocenters. The highest BCUT2D eigenvalue weighted by Crippen LogP contribution is 2.34. The molecule has 1 rings (SSSR count). The lowest BCUT2D eigenvalue weighted by atomic mass is 9.84. The standard InChI is InChI=1S/C11H18F2O2/c12-11(13)9(7-10(14)15)8-5-3-1-2-4-6-8/h8-9,11H,1-7H2,(H,14,15). The number of halogens is 2. The SMILES string of the molecule is O=C(O)CC(C(F)F)C1CCCCCC1. The Morgan fingerprint density at radius 2 is 1.73 bits per heavy atom. The summed E-state index contributed by atoms with van der Waals surface area (Å²) in [7, 11) is 0. The second kappa shape index (κ2) is 6.03. The van der Waals surface area contributed by atoms with E-state index in [0.29, 0.717) is 0 Å². The summed E-state index contributed by atoms with van der Waals surface area (Å²) in [5, 5.41) is 8.60. The van der Waals surface area contributed by atoms with Crippen LogP contribution in [0.5, 0.6) is 0 Å². The molecule has 0 aromatic heterocycles. The second-order valence-electron chi connectivity index (χ2n) is 4.35. The Morgan fingerprint density at radius 3 is 2.13 bits per heavy atom. The Balaban J connectivity index is 2.55. The van der Waals surface area contributed by atoms with Crippen LogP contribution in [0.15, 0.2) is 0 Å². The first-order valence-electron chi connectivity index (χ1n) is 5.61. The zero-order chi connectivity index (χ0) is 11.3. The number of rotatable bonds is 4. The molecule has 0 radical (unpaired) electrons. The zero-order valence-corrected chi connectivity index (χ0v) is 8.79. The lowest BCUT2D eigenvalue weighted by Crippen LogP contribution is -2.24. The van der Waals surface area contributed by atoms with Gasteiger partial charge in [0.05, 0.1) is 6.42 Å². The van der Waals surface area contributed by atoms with E-state index in [0.717, 1.165) is 38.5 Å². The van der Waals surface area contributed by atoms with Crippen LogP contribution >= 0.6 is 0 Å². The molecule has 2 nitrogen and oxygen atoms in total. The monoisotopic (exact) mass is 220 g/mol. The van der Waals surface area contributed by atoms with Gasteiger partial charge in [-0.3, -0.25) is 4.79 Å². The molecule has 1 saturated carbocycles. The third-order valence-electron chi connectivity index (χ3n) is 3.24. The van der Waals surface area contributed by atoms with Gasteiger partial charge in [0.15, 0.2) is 0 Å². The highest BCUT2D eigenvalue weighted by atomic mass is 19.3. The molecule has 15 heavy (non-hydrogen) atoms. The Kier molecular flexibility index (Phi) is 4.99. The van der Waals surface area contributed by atoms with E-state index in [1.807, 2.05) is 0 Å². The minimum absolute atomic E-state index is 0.0939. The van der Waals surface area contributed by atoms with Crippen LogP contribution in [0.1, 0.15) is 44.9 Å². The number of carboxylic acids is 1. The average Bonchev–Trinajstić information content (AvgIpc) is 2.41. The summed E-state index contributed by atoms with van der Waals surface area (Å²) in [5.41, 5.74) is 0. The molecule has 1 unspecified atom stereocenters. The Labute approximate surface area is 88.7 Å². The van der Waals surface area contributed by atoms with E-state index >= 15 is 0 Å². The molecule has 1 fully saturated rings. The van der Waals surface area contributed by atoms with Gasteiger partial charge < -0.3 is 5.11 Å². The van der Waals surface area contributed by atoms with Gasteiger partial charge in [0, 0.05) is 5.92 Å². The van der Waals surface area contributed by atoms with Gasteiger partial charge >= 0.3 is 5.97 Å². The normalized spacial score (nSPS) is 21.3. The van der Waals surface area contributed by atoms with Gasteiger partial charge in [-0.25, -0.2) is 8.78 Å². The van der Waals surface area contributed by atoms with Crippen molar-refractivity contribution >= 4 is 5.97 Å². The summed E-state index contributed by atoms with van der Waals surface area (Å²) in [6.07, 6.45) is 2.77. The summed E-state index contributed by atoms with van der Waals surface area (Å²) < 4.78 is 25.4. The van der Waals surface area contributed by atoms with Crippen LogP contribution in [0.4, 0.5) is 8.78 Å². The van der Waals surface area contributed by atoms with Crippen LogP contribution in [-0.4, -0.2) is 17.5 Å². The number of carbonyl (C=O) groups is 1. The van der Waals surface area contributed by atoms with Crippen molar-refractivity contribution in [3.8, 4) is 0 Å². The summed E-state index contributed by atoms with van der Waals surface area (Å²) in [5.74, 6) is -2.14. The Morgan fingerprint density at radius 1 is 1.20 bits per heavy atom. The number of hydrogen-bond acceptors (Lipinski definition) is 1. The minimum atomic E-state index is -2.50. The van der Waals surface area contributed by atoms with Crippen LogP contribution < -0.4 is 0 Å². The largest absolute Gasteiger partial charge is 0.481 e. The molecule has 0 aliphatic heterocycles. The Hall–Kier alpha value is -0.670. The number of alkyl halides is 2. The van der Waals surface area contributed by atoms with E-state index in [1.165, 1.54) is 0 Å². The van der Waals surface area contributed by atoms with Gasteiger partial charge in [-0.1, -0.05) is 25.7 Å². The van der Waals surface area contributed by atoms with E-state index in [1.54, 1.807) is 0 Å². The molecule has 0 aromatic rings. The molecule has 0 saturated heterocycles. The minimum Gasteiger partial charge on any atom is -0.481 e. The van der Waals surface area contributed by atoms with E-state index in [9.17, 15) is 13.6 Å². The van der Waals surface area contributed by atoms with Crippen LogP contribution in [0.3, 0.4) is 0 Å². The van der Waals surface area contributed by atoms with E-state index < -0.39 is 18.3 Å². The summed E-state index contributed by atoms with van der Waals surface area (Å²) in [6, 6.07) is 0. The first-order chi connectivity index (χ1) is 7.11. The quantitative estimate of drug-likeness (QED) is 0.738. The van der Waals surface area contributed by atoms with Crippen LogP contribution in [0.2, 0.25) is 0 Å². The summed E-state index contributed by atoms with van der Waals surface area (Å²) in [4.78, 5) is 10.5. The van der Waals surface area contributed by atoms with Crippen molar-refractivity contribution in [2.45, 2.75) is 51.4 Å². The first-order valence-corrected chi connectivity index (χ1v) is 5.61. The fourth-order valence-electron chi connectivity index (χ4n) is 2.40. The van der Waals surface area contributed by atoms with E-state index in [4.69, 9.17) is 5.11 Å². The fraction of sp³-hybridized carbons (Fsp3) is 0.909.